The van der Waals surface area contributed by atoms with E-state index in [2.05, 4.69) is 26.4 Å². The molecular formula is C27H37N7O4. The van der Waals surface area contributed by atoms with Crippen LogP contribution in [0.3, 0.4) is 0 Å². The van der Waals surface area contributed by atoms with Crippen molar-refractivity contribution in [1.82, 2.24) is 19.9 Å². The van der Waals surface area contributed by atoms with Crippen LogP contribution in [0.2, 0.25) is 0 Å². The number of nitrogens with zero attached hydrogens (tertiary/aromatic N) is 5. The number of likely N-dealkylation sites (tertiary alicyclic amines) is 1. The fourth-order valence-electron chi connectivity index (χ4n) is 5.33. The number of nitrogens with two attached hydrogens (primary N) is 2. The Balaban J connectivity index is 1.32. The first-order valence-corrected chi connectivity index (χ1v) is 13.3. The van der Waals surface area contributed by atoms with E-state index < -0.39 is 0 Å². The average Bonchev–Trinajstić information content (AvgIpc) is 3.64. The highest BCUT2D eigenvalue weighted by Crippen LogP contribution is 2.31. The summed E-state index contributed by atoms with van der Waals surface area (Å²) >= 11 is 0. The van der Waals surface area contributed by atoms with Crippen LogP contribution in [-0.2, 0) is 9.47 Å². The molecule has 0 aliphatic carbocycles. The van der Waals surface area contributed by atoms with E-state index in [0.29, 0.717) is 48.3 Å². The third-order valence-electron chi connectivity index (χ3n) is 7.59. The third kappa shape index (κ3) is 5.83. The first-order chi connectivity index (χ1) is 18.4. The smallest absolute Gasteiger partial charge is 0.319 e. The summed E-state index contributed by atoms with van der Waals surface area (Å²) in [7, 11) is 1.68. The number of pyridine rings is 1. The van der Waals surface area contributed by atoms with Gasteiger partial charge in [-0.15, -0.1) is 0 Å². The van der Waals surface area contributed by atoms with E-state index in [1.165, 1.54) is 0 Å². The zero-order valence-corrected chi connectivity index (χ0v) is 22.0. The number of hydrogen-bond donors (Lipinski definition) is 2. The fraction of sp³-hybridized carbons (Fsp3) is 0.556. The quantitative estimate of drug-likeness (QED) is 0.529. The SMILES string of the molecule is C=C(N)c1nc(C2CCN(c3cc(C(=O)N4CC[C@@H](OC)C4)nc(OC[C@H]4CCCO4)n3)CC2)ccc1N. The summed E-state index contributed by atoms with van der Waals surface area (Å²) in [4.78, 5) is 31.2. The summed E-state index contributed by atoms with van der Waals surface area (Å²) in [5.41, 5.74) is 14.6. The Morgan fingerprint density at radius 1 is 1.16 bits per heavy atom. The zero-order valence-electron chi connectivity index (χ0n) is 22.0. The summed E-state index contributed by atoms with van der Waals surface area (Å²) in [6.07, 6.45) is 4.60. The minimum atomic E-state index is -0.134. The van der Waals surface area contributed by atoms with Crippen LogP contribution in [0.4, 0.5) is 11.5 Å². The monoisotopic (exact) mass is 523 g/mol. The summed E-state index contributed by atoms with van der Waals surface area (Å²) in [5.74, 6) is 0.817. The Bertz CT molecular complexity index is 1160. The molecule has 2 aromatic heterocycles. The number of aromatic nitrogens is 3. The fourth-order valence-corrected chi connectivity index (χ4v) is 5.33. The van der Waals surface area contributed by atoms with E-state index >= 15 is 0 Å². The van der Waals surface area contributed by atoms with Crippen LogP contribution in [0.5, 0.6) is 6.01 Å². The molecule has 0 unspecified atom stereocenters. The van der Waals surface area contributed by atoms with Gasteiger partial charge < -0.3 is 35.5 Å². The summed E-state index contributed by atoms with van der Waals surface area (Å²) in [6.45, 7) is 7.59. The van der Waals surface area contributed by atoms with Crippen molar-refractivity contribution in [3.05, 3.63) is 41.9 Å². The molecule has 11 nitrogen and oxygen atoms in total. The van der Waals surface area contributed by atoms with Gasteiger partial charge in [0.15, 0.2) is 0 Å². The van der Waals surface area contributed by atoms with Crippen molar-refractivity contribution in [2.75, 3.05) is 57.1 Å². The second-order valence-corrected chi connectivity index (χ2v) is 10.2. The molecule has 204 valence electrons. The van der Waals surface area contributed by atoms with Gasteiger partial charge in [0.1, 0.15) is 23.8 Å². The first kappa shape index (κ1) is 26.2. The molecule has 5 rings (SSSR count). The van der Waals surface area contributed by atoms with Gasteiger partial charge in [0.05, 0.1) is 23.6 Å². The number of hydrogen-bond acceptors (Lipinski definition) is 10. The van der Waals surface area contributed by atoms with Crippen molar-refractivity contribution in [3.63, 3.8) is 0 Å². The zero-order chi connectivity index (χ0) is 26.6. The molecule has 0 bridgehead atoms. The highest BCUT2D eigenvalue weighted by atomic mass is 16.5. The van der Waals surface area contributed by atoms with Gasteiger partial charge in [0, 0.05) is 57.6 Å². The number of carbonyl (C=O) groups is 1. The van der Waals surface area contributed by atoms with E-state index in [9.17, 15) is 4.79 Å². The summed E-state index contributed by atoms with van der Waals surface area (Å²) in [5, 5.41) is 0. The molecule has 38 heavy (non-hydrogen) atoms. The molecule has 5 heterocycles. The minimum absolute atomic E-state index is 0.0279. The lowest BCUT2D eigenvalue weighted by atomic mass is 9.92. The molecule has 0 saturated carbocycles. The van der Waals surface area contributed by atoms with Gasteiger partial charge in [0.25, 0.3) is 5.91 Å². The molecular weight excluding hydrogens is 486 g/mol. The number of anilines is 2. The van der Waals surface area contributed by atoms with Crippen LogP contribution >= 0.6 is 0 Å². The van der Waals surface area contributed by atoms with E-state index in [-0.39, 0.29) is 30.0 Å². The van der Waals surface area contributed by atoms with E-state index in [1.54, 1.807) is 18.1 Å². The van der Waals surface area contributed by atoms with Crippen molar-refractivity contribution in [3.8, 4) is 6.01 Å². The maximum absolute atomic E-state index is 13.4. The lowest BCUT2D eigenvalue weighted by molar-refractivity contribution is 0.0638. The molecule has 3 saturated heterocycles. The van der Waals surface area contributed by atoms with E-state index in [1.807, 2.05) is 12.1 Å². The standard InChI is InChI=1S/C27H37N7O4/c1-17(28)25-21(29)5-6-22(30-25)18-7-10-33(11-8-18)24-14-23(26(35)34-12-9-19(15-34)36-2)31-27(32-24)38-16-20-4-3-13-37-20/h5-6,14,18-20H,1,3-4,7-13,15-16,28-29H2,2H3/t19-,20-/m1/s1. The second kappa shape index (κ2) is 11.5. The normalized spacial score (nSPS) is 22.1. The Morgan fingerprint density at radius 3 is 2.66 bits per heavy atom. The van der Waals surface area contributed by atoms with Gasteiger partial charge in [-0.05, 0) is 44.2 Å². The summed E-state index contributed by atoms with van der Waals surface area (Å²) < 4.78 is 17.1. The number of piperidine rings is 1. The minimum Gasteiger partial charge on any atom is -0.461 e. The van der Waals surface area contributed by atoms with Gasteiger partial charge in [-0.25, -0.2) is 4.98 Å². The number of amides is 1. The lowest BCUT2D eigenvalue weighted by Gasteiger charge is -2.33. The predicted molar refractivity (Wildman–Crippen MR) is 144 cm³/mol. The van der Waals surface area contributed by atoms with Gasteiger partial charge in [-0.2, -0.15) is 9.97 Å². The van der Waals surface area contributed by atoms with Crippen molar-refractivity contribution in [1.29, 1.82) is 0 Å². The maximum atomic E-state index is 13.4. The molecule has 0 radical (unpaired) electrons. The van der Waals surface area contributed by atoms with Crippen LogP contribution in [0.25, 0.3) is 5.70 Å². The van der Waals surface area contributed by atoms with E-state index in [0.717, 1.165) is 57.5 Å². The number of ether oxygens (including phenoxy) is 3. The third-order valence-corrected chi connectivity index (χ3v) is 7.59. The largest absolute Gasteiger partial charge is 0.461 e. The highest BCUT2D eigenvalue weighted by Gasteiger charge is 2.30. The van der Waals surface area contributed by atoms with Crippen LogP contribution < -0.4 is 21.1 Å². The molecule has 2 atom stereocenters. The van der Waals surface area contributed by atoms with Crippen LogP contribution in [0.15, 0.2) is 24.8 Å². The van der Waals surface area contributed by atoms with Gasteiger partial charge in [-0.3, -0.25) is 4.79 Å². The Labute approximate surface area is 223 Å². The second-order valence-electron chi connectivity index (χ2n) is 10.2. The molecule has 3 aliphatic heterocycles. The van der Waals surface area contributed by atoms with Crippen molar-refractivity contribution >= 4 is 23.1 Å². The molecule has 0 aromatic carbocycles. The molecule has 3 aliphatic rings. The van der Waals surface area contributed by atoms with Gasteiger partial charge in [0.2, 0.25) is 0 Å². The van der Waals surface area contributed by atoms with Gasteiger partial charge >= 0.3 is 6.01 Å². The summed E-state index contributed by atoms with van der Waals surface area (Å²) in [6, 6.07) is 5.79. The van der Waals surface area contributed by atoms with Crippen LogP contribution in [0.1, 0.15) is 59.9 Å². The molecule has 3 fully saturated rings. The number of nitrogen functional groups attached to an aromatic ring is 1. The number of rotatable bonds is 8. The molecule has 1 amide bonds. The Hall–Kier alpha value is -3.44. The maximum Gasteiger partial charge on any atom is 0.319 e. The van der Waals surface area contributed by atoms with Crippen molar-refractivity contribution < 1.29 is 19.0 Å². The van der Waals surface area contributed by atoms with Crippen LogP contribution in [0, 0.1) is 0 Å². The topological polar surface area (TPSA) is 142 Å². The average molecular weight is 524 g/mol. The number of methoxy groups -OCH3 is 1. The Morgan fingerprint density at radius 2 is 1.97 bits per heavy atom. The first-order valence-electron chi connectivity index (χ1n) is 13.3. The molecule has 0 spiro atoms. The van der Waals surface area contributed by atoms with Gasteiger partial charge in [-0.1, -0.05) is 6.58 Å². The van der Waals surface area contributed by atoms with E-state index in [4.69, 9.17) is 25.7 Å². The highest BCUT2D eigenvalue weighted by molar-refractivity contribution is 5.93. The molecule has 4 N–H and O–H groups in total. The van der Waals surface area contributed by atoms with Crippen molar-refractivity contribution in [2.24, 2.45) is 5.73 Å². The predicted octanol–water partition coefficient (Wildman–Crippen LogP) is 2.19. The van der Waals surface area contributed by atoms with Crippen molar-refractivity contribution in [2.45, 2.75) is 50.2 Å². The molecule has 11 heteroatoms. The lowest BCUT2D eigenvalue weighted by Crippen LogP contribution is -2.35. The molecule has 2 aromatic rings. The Kier molecular flexibility index (Phi) is 7.94. The van der Waals surface area contributed by atoms with Crippen LogP contribution in [-0.4, -0.2) is 84.5 Å². The number of carbonyl (C=O) groups excluding carboxylic acids is 1.